The lowest BCUT2D eigenvalue weighted by Gasteiger charge is -2.08. The van der Waals surface area contributed by atoms with E-state index in [1.807, 2.05) is 18.2 Å². The second kappa shape index (κ2) is 7.50. The summed E-state index contributed by atoms with van der Waals surface area (Å²) in [5.41, 5.74) is 9.45. The van der Waals surface area contributed by atoms with Gasteiger partial charge in [0.25, 0.3) is 0 Å². The molecule has 4 nitrogen and oxygen atoms in total. The van der Waals surface area contributed by atoms with Crippen molar-refractivity contribution in [3.8, 4) is 11.5 Å². The van der Waals surface area contributed by atoms with E-state index in [1.165, 1.54) is 11.1 Å². The highest BCUT2D eigenvalue weighted by atomic mass is 16.5. The van der Waals surface area contributed by atoms with Crippen LogP contribution in [0.3, 0.4) is 0 Å². The molecule has 0 aliphatic heterocycles. The SMILES string of the molecule is COc1ccc(CN=C(N)Cc2ccc(C)cc2)cc1OC. The molecule has 0 unspecified atom stereocenters. The number of methoxy groups -OCH3 is 2. The number of aryl methyl sites for hydroxylation is 1. The van der Waals surface area contributed by atoms with Crippen LogP contribution in [0, 0.1) is 6.92 Å². The topological polar surface area (TPSA) is 56.8 Å². The predicted octanol–water partition coefficient (Wildman–Crippen LogP) is 3.11. The van der Waals surface area contributed by atoms with Gasteiger partial charge in [0.15, 0.2) is 11.5 Å². The third-order valence-electron chi connectivity index (χ3n) is 3.42. The summed E-state index contributed by atoms with van der Waals surface area (Å²) in [4.78, 5) is 4.44. The molecule has 2 rings (SSSR count). The second-order valence-corrected chi connectivity index (χ2v) is 5.16. The summed E-state index contributed by atoms with van der Waals surface area (Å²) in [6, 6.07) is 14.1. The number of rotatable bonds is 6. The molecule has 116 valence electrons. The molecule has 2 aromatic carbocycles. The van der Waals surface area contributed by atoms with Gasteiger partial charge in [-0.15, -0.1) is 0 Å². The molecule has 2 aromatic rings. The summed E-state index contributed by atoms with van der Waals surface area (Å²) in [5, 5.41) is 0. The fourth-order valence-corrected chi connectivity index (χ4v) is 2.14. The Balaban J connectivity index is 2.02. The molecule has 2 N–H and O–H groups in total. The largest absolute Gasteiger partial charge is 0.493 e. The summed E-state index contributed by atoms with van der Waals surface area (Å²) in [6.07, 6.45) is 0.660. The van der Waals surface area contributed by atoms with Crippen LogP contribution in [0.2, 0.25) is 0 Å². The van der Waals surface area contributed by atoms with Gasteiger partial charge in [0.2, 0.25) is 0 Å². The molecule has 0 aromatic heterocycles. The van der Waals surface area contributed by atoms with Crippen LogP contribution in [0.1, 0.15) is 16.7 Å². The van der Waals surface area contributed by atoms with Crippen molar-refractivity contribution in [2.75, 3.05) is 14.2 Å². The Morgan fingerprint density at radius 3 is 2.23 bits per heavy atom. The summed E-state index contributed by atoms with van der Waals surface area (Å²) in [6.45, 7) is 2.59. The van der Waals surface area contributed by atoms with Crippen molar-refractivity contribution >= 4 is 5.84 Å². The van der Waals surface area contributed by atoms with E-state index in [-0.39, 0.29) is 0 Å². The van der Waals surface area contributed by atoms with Crippen molar-refractivity contribution in [3.63, 3.8) is 0 Å². The van der Waals surface area contributed by atoms with Crippen LogP contribution < -0.4 is 15.2 Å². The quantitative estimate of drug-likeness (QED) is 0.658. The molecule has 22 heavy (non-hydrogen) atoms. The first-order chi connectivity index (χ1) is 10.6. The van der Waals surface area contributed by atoms with E-state index in [2.05, 4.69) is 36.2 Å². The number of amidine groups is 1. The van der Waals surface area contributed by atoms with E-state index in [0.717, 1.165) is 5.56 Å². The predicted molar refractivity (Wildman–Crippen MR) is 89.8 cm³/mol. The van der Waals surface area contributed by atoms with Gasteiger partial charge in [0, 0.05) is 6.42 Å². The fraction of sp³-hybridized carbons (Fsp3) is 0.278. The molecule has 0 amide bonds. The zero-order chi connectivity index (χ0) is 15.9. The molecule has 0 fully saturated rings. The van der Waals surface area contributed by atoms with Crippen molar-refractivity contribution in [3.05, 3.63) is 59.2 Å². The van der Waals surface area contributed by atoms with Gasteiger partial charge in [-0.1, -0.05) is 35.9 Å². The lowest BCUT2D eigenvalue weighted by molar-refractivity contribution is 0.354. The van der Waals surface area contributed by atoms with Crippen molar-refractivity contribution in [2.45, 2.75) is 19.9 Å². The van der Waals surface area contributed by atoms with Crippen LogP contribution in [0.4, 0.5) is 0 Å². The summed E-state index contributed by atoms with van der Waals surface area (Å²) in [7, 11) is 3.24. The van der Waals surface area contributed by atoms with Gasteiger partial charge in [-0.3, -0.25) is 4.99 Å². The van der Waals surface area contributed by atoms with Crippen molar-refractivity contribution in [1.29, 1.82) is 0 Å². The standard InChI is InChI=1S/C18H22N2O2/c1-13-4-6-14(7-5-13)11-18(19)20-12-15-8-9-16(21-2)17(10-15)22-3/h4-10H,11-12H2,1-3H3,(H2,19,20). The number of hydrogen-bond acceptors (Lipinski definition) is 3. The van der Waals surface area contributed by atoms with Crippen LogP contribution in [-0.2, 0) is 13.0 Å². The van der Waals surface area contributed by atoms with Gasteiger partial charge in [-0.2, -0.15) is 0 Å². The lowest BCUT2D eigenvalue weighted by atomic mass is 10.1. The smallest absolute Gasteiger partial charge is 0.161 e. The number of benzene rings is 2. The molecule has 0 aliphatic rings. The molecule has 0 saturated carbocycles. The fourth-order valence-electron chi connectivity index (χ4n) is 2.14. The molecule has 4 heteroatoms. The first kappa shape index (κ1) is 15.9. The minimum Gasteiger partial charge on any atom is -0.493 e. The average Bonchev–Trinajstić information content (AvgIpc) is 2.54. The van der Waals surface area contributed by atoms with E-state index in [1.54, 1.807) is 14.2 Å². The number of nitrogens with zero attached hydrogens (tertiary/aromatic N) is 1. The van der Waals surface area contributed by atoms with Gasteiger partial charge in [-0.25, -0.2) is 0 Å². The van der Waals surface area contributed by atoms with Crippen LogP contribution >= 0.6 is 0 Å². The van der Waals surface area contributed by atoms with Crippen LogP contribution in [0.25, 0.3) is 0 Å². The molecular weight excluding hydrogens is 276 g/mol. The maximum absolute atomic E-state index is 6.01. The van der Waals surface area contributed by atoms with Gasteiger partial charge < -0.3 is 15.2 Å². The van der Waals surface area contributed by atoms with Gasteiger partial charge in [0.1, 0.15) is 0 Å². The van der Waals surface area contributed by atoms with Crippen LogP contribution in [0.15, 0.2) is 47.5 Å². The Hall–Kier alpha value is -2.49. The highest BCUT2D eigenvalue weighted by molar-refractivity contribution is 5.82. The Kier molecular flexibility index (Phi) is 5.42. The summed E-state index contributed by atoms with van der Waals surface area (Å²) >= 11 is 0. The monoisotopic (exact) mass is 298 g/mol. The highest BCUT2D eigenvalue weighted by Crippen LogP contribution is 2.27. The van der Waals surface area contributed by atoms with Crippen LogP contribution in [-0.4, -0.2) is 20.1 Å². The minimum absolute atomic E-state index is 0.526. The van der Waals surface area contributed by atoms with Gasteiger partial charge in [-0.05, 0) is 30.2 Å². The third kappa shape index (κ3) is 4.25. The number of aliphatic imine (C=N–C) groups is 1. The van der Waals surface area contributed by atoms with E-state index in [9.17, 15) is 0 Å². The van der Waals surface area contributed by atoms with Gasteiger partial charge >= 0.3 is 0 Å². The molecular formula is C18H22N2O2. The zero-order valence-electron chi connectivity index (χ0n) is 13.3. The Morgan fingerprint density at radius 1 is 0.955 bits per heavy atom. The van der Waals surface area contributed by atoms with Crippen molar-refractivity contribution in [1.82, 2.24) is 0 Å². The van der Waals surface area contributed by atoms with Crippen LogP contribution in [0.5, 0.6) is 11.5 Å². The molecule has 0 bridgehead atoms. The molecule has 0 atom stereocenters. The summed E-state index contributed by atoms with van der Waals surface area (Å²) < 4.78 is 10.5. The highest BCUT2D eigenvalue weighted by Gasteiger charge is 2.04. The van der Waals surface area contributed by atoms with E-state index >= 15 is 0 Å². The Bertz CT molecular complexity index is 649. The lowest BCUT2D eigenvalue weighted by Crippen LogP contribution is -2.15. The maximum Gasteiger partial charge on any atom is 0.161 e. The van der Waals surface area contributed by atoms with E-state index in [4.69, 9.17) is 15.2 Å². The number of nitrogens with two attached hydrogens (primary N) is 1. The maximum atomic E-state index is 6.01. The second-order valence-electron chi connectivity index (χ2n) is 5.16. The average molecular weight is 298 g/mol. The van der Waals surface area contributed by atoms with Crippen molar-refractivity contribution in [2.24, 2.45) is 10.7 Å². The molecule has 0 spiro atoms. The van der Waals surface area contributed by atoms with Gasteiger partial charge in [0.05, 0.1) is 26.6 Å². The number of ether oxygens (including phenoxy) is 2. The zero-order valence-corrected chi connectivity index (χ0v) is 13.3. The van der Waals surface area contributed by atoms with E-state index < -0.39 is 0 Å². The molecule has 0 saturated heterocycles. The Labute approximate surface area is 131 Å². The Morgan fingerprint density at radius 2 is 1.59 bits per heavy atom. The molecule has 0 radical (unpaired) electrons. The van der Waals surface area contributed by atoms with Crippen molar-refractivity contribution < 1.29 is 9.47 Å². The number of hydrogen-bond donors (Lipinski definition) is 1. The minimum atomic E-state index is 0.526. The van der Waals surface area contributed by atoms with E-state index in [0.29, 0.717) is 30.3 Å². The molecule has 0 aliphatic carbocycles. The normalized spacial score (nSPS) is 11.3. The first-order valence-electron chi connectivity index (χ1n) is 7.17. The summed E-state index contributed by atoms with van der Waals surface area (Å²) in [5.74, 6) is 2.04. The third-order valence-corrected chi connectivity index (χ3v) is 3.42. The first-order valence-corrected chi connectivity index (χ1v) is 7.17. The molecule has 0 heterocycles.